The zero-order valence-corrected chi connectivity index (χ0v) is 34.6. The molecular weight excluding hydrogens is 755 g/mol. The highest BCUT2D eigenvalue weighted by Gasteiger charge is 2.52. The van der Waals surface area contributed by atoms with E-state index in [4.69, 9.17) is 23.4 Å². The Hall–Kier alpha value is -5.64. The van der Waals surface area contributed by atoms with Crippen LogP contribution < -0.4 is 20.5 Å². The van der Waals surface area contributed by atoms with Gasteiger partial charge in [0.05, 0.1) is 20.8 Å². The number of rotatable bonds is 13. The minimum Gasteiger partial charge on any atom is -0.497 e. The molecule has 1 aliphatic heterocycles. The molecule has 0 radical (unpaired) electrons. The van der Waals surface area contributed by atoms with Crippen molar-refractivity contribution in [2.24, 2.45) is 0 Å². The van der Waals surface area contributed by atoms with Gasteiger partial charge in [-0.3, -0.25) is 4.79 Å². The fourth-order valence-corrected chi connectivity index (χ4v) is 8.32. The number of fused-ring (bicyclic) bond motifs is 1. The van der Waals surface area contributed by atoms with Gasteiger partial charge in [0.2, 0.25) is 0 Å². The normalized spacial score (nSPS) is 18.6. The lowest BCUT2D eigenvalue weighted by Gasteiger charge is -2.40. The monoisotopic (exact) mass is 803 g/mol. The summed E-state index contributed by atoms with van der Waals surface area (Å²) in [5.74, 6) is 1.06. The lowest BCUT2D eigenvalue weighted by Crippen LogP contribution is -2.49. The Morgan fingerprint density at radius 1 is 0.845 bits per heavy atom. The first-order valence-electron chi connectivity index (χ1n) is 19.1. The maximum atomic E-state index is 14.0. The lowest BCUT2D eigenvalue weighted by molar-refractivity contribution is -0.0946. The van der Waals surface area contributed by atoms with E-state index in [1.165, 1.54) is 10.9 Å². The second kappa shape index (κ2) is 16.3. The third-order valence-electron chi connectivity index (χ3n) is 11.2. The number of ether oxygens (including phenoxy) is 4. The second-order valence-corrected chi connectivity index (χ2v) is 20.5. The van der Waals surface area contributed by atoms with Crippen molar-refractivity contribution in [3.63, 3.8) is 0 Å². The molecule has 13 nitrogen and oxygen atoms in total. The van der Waals surface area contributed by atoms with Gasteiger partial charge in [0.1, 0.15) is 47.3 Å². The van der Waals surface area contributed by atoms with Gasteiger partial charge in [0, 0.05) is 5.56 Å². The van der Waals surface area contributed by atoms with E-state index >= 15 is 0 Å². The van der Waals surface area contributed by atoms with Crippen LogP contribution in [0, 0.1) is 0 Å². The summed E-state index contributed by atoms with van der Waals surface area (Å²) in [5.41, 5.74) is 1.44. The molecule has 2 aromatic heterocycles. The minimum atomic E-state index is -2.61. The molecule has 4 aromatic carbocycles. The third-order valence-corrected chi connectivity index (χ3v) is 15.7. The smallest absolute Gasteiger partial charge is 0.330 e. The molecule has 3 N–H and O–H groups in total. The third kappa shape index (κ3) is 7.68. The highest BCUT2D eigenvalue weighted by atomic mass is 28.4. The van der Waals surface area contributed by atoms with Crippen LogP contribution in [0.4, 0.5) is 5.82 Å². The van der Waals surface area contributed by atoms with E-state index in [-0.39, 0.29) is 28.6 Å². The number of H-pyrrole nitrogens is 1. The molecule has 1 fully saturated rings. The molecule has 7 rings (SSSR count). The summed E-state index contributed by atoms with van der Waals surface area (Å²) in [4.78, 5) is 38.7. The molecule has 4 atom stereocenters. The van der Waals surface area contributed by atoms with Crippen LogP contribution in [0.3, 0.4) is 0 Å². The van der Waals surface area contributed by atoms with Gasteiger partial charge in [0.25, 0.3) is 5.91 Å². The molecule has 1 aliphatic rings. The fourth-order valence-electron chi connectivity index (χ4n) is 7.03. The molecule has 302 valence electrons. The molecule has 0 spiro atoms. The van der Waals surface area contributed by atoms with Gasteiger partial charge in [-0.05, 0) is 71.2 Å². The van der Waals surface area contributed by atoms with Crippen LogP contribution in [-0.4, -0.2) is 78.0 Å². The number of methoxy groups -OCH3 is 2. The Kier molecular flexibility index (Phi) is 11.4. The van der Waals surface area contributed by atoms with E-state index in [0.717, 1.165) is 16.7 Å². The van der Waals surface area contributed by atoms with E-state index in [1.807, 2.05) is 84.9 Å². The summed E-state index contributed by atoms with van der Waals surface area (Å²) in [7, 11) is 0.623. The number of nitrogens with one attached hydrogen (secondary N) is 2. The van der Waals surface area contributed by atoms with Crippen LogP contribution in [0.1, 0.15) is 54.0 Å². The van der Waals surface area contributed by atoms with Crippen LogP contribution in [0.2, 0.25) is 18.1 Å². The molecular formula is C44H49N5O8Si. The lowest BCUT2D eigenvalue weighted by atomic mass is 9.80. The van der Waals surface area contributed by atoms with Crippen LogP contribution in [0.5, 0.6) is 11.5 Å². The number of aliphatic hydroxyl groups excluding tert-OH is 1. The minimum absolute atomic E-state index is 0.113. The van der Waals surface area contributed by atoms with Crippen molar-refractivity contribution in [2.45, 2.75) is 69.0 Å². The zero-order chi connectivity index (χ0) is 41.2. The molecule has 14 heteroatoms. The van der Waals surface area contributed by atoms with Gasteiger partial charge < -0.3 is 38.8 Å². The van der Waals surface area contributed by atoms with Crippen molar-refractivity contribution >= 4 is 31.2 Å². The number of hydrogen-bond donors (Lipinski definition) is 3. The molecule has 0 aliphatic carbocycles. The molecule has 0 bridgehead atoms. The van der Waals surface area contributed by atoms with E-state index in [0.29, 0.717) is 17.1 Å². The number of amides is 1. The second-order valence-electron chi connectivity index (χ2n) is 15.8. The zero-order valence-electron chi connectivity index (χ0n) is 33.6. The SMILES string of the molecule is COc1ccc(C(OC[C@H]2O[C@@H](n3c(=O)[nH]c4c(NC(=O)c5ccccc5)ncnc43)[C@H](O[Si](C)(C)C(C)(C)C)[C@@H]2O)(c2ccccc2)c2ccc(OC)cc2)cc1. The summed E-state index contributed by atoms with van der Waals surface area (Å²) in [6.45, 7) is 10.3. The molecule has 3 heterocycles. The summed E-state index contributed by atoms with van der Waals surface area (Å²) in [5, 5.41) is 14.8. The van der Waals surface area contributed by atoms with Crippen molar-refractivity contribution in [1.82, 2.24) is 19.5 Å². The number of imidazole rings is 1. The van der Waals surface area contributed by atoms with E-state index < -0.39 is 50.1 Å². The van der Waals surface area contributed by atoms with Crippen molar-refractivity contribution in [2.75, 3.05) is 26.1 Å². The number of aromatic amines is 1. The van der Waals surface area contributed by atoms with Crippen molar-refractivity contribution in [3.8, 4) is 11.5 Å². The summed E-state index contributed by atoms with van der Waals surface area (Å²) in [6, 6.07) is 33.8. The standard InChI is InChI=1S/C44H49N5O8Si/c1-43(2,3)58(6,7)57-37-36(50)34(56-41(37)49-39-35(47-42(49)52)38(45-27-46-39)48-40(51)28-14-10-8-11-15-28)26-55-44(29-16-12-9-13-17-29,30-18-22-32(53-4)23-19-30)31-20-24-33(54-5)25-21-31/h8-25,27,34,36-37,41,50H,26H2,1-7H3,(H,47,52)(H,45,46,48,51)/t34-,36-,37-,41-/m1/s1. The topological polar surface area (TPSA) is 159 Å². The van der Waals surface area contributed by atoms with Crippen LogP contribution in [-0.2, 0) is 19.5 Å². The van der Waals surface area contributed by atoms with Crippen molar-refractivity contribution in [3.05, 3.63) is 148 Å². The Morgan fingerprint density at radius 3 is 1.95 bits per heavy atom. The predicted molar refractivity (Wildman–Crippen MR) is 223 cm³/mol. The number of benzene rings is 4. The molecule has 1 amide bonds. The highest BCUT2D eigenvalue weighted by Crippen LogP contribution is 2.45. The first-order valence-corrected chi connectivity index (χ1v) is 22.0. The summed E-state index contributed by atoms with van der Waals surface area (Å²) in [6.07, 6.45) is -3.10. The quantitative estimate of drug-likeness (QED) is 0.0817. The van der Waals surface area contributed by atoms with Gasteiger partial charge in [-0.1, -0.05) is 93.6 Å². The number of aliphatic hydroxyl groups is 1. The predicted octanol–water partition coefficient (Wildman–Crippen LogP) is 7.05. The van der Waals surface area contributed by atoms with Crippen molar-refractivity contribution in [1.29, 1.82) is 0 Å². The first-order chi connectivity index (χ1) is 27.8. The molecule has 0 saturated carbocycles. The van der Waals surface area contributed by atoms with Gasteiger partial charge in [-0.25, -0.2) is 19.3 Å². The van der Waals surface area contributed by atoms with E-state index in [2.05, 4.69) is 54.1 Å². The number of anilines is 1. The fraction of sp³-hybridized carbons (Fsp3) is 0.318. The average molecular weight is 804 g/mol. The van der Waals surface area contributed by atoms with Gasteiger partial charge >= 0.3 is 5.69 Å². The van der Waals surface area contributed by atoms with Gasteiger partial charge in [-0.15, -0.1) is 0 Å². The number of hydrogen-bond acceptors (Lipinski definition) is 10. The van der Waals surface area contributed by atoms with Crippen LogP contribution >= 0.6 is 0 Å². The molecule has 0 unspecified atom stereocenters. The van der Waals surface area contributed by atoms with Gasteiger partial charge in [0.15, 0.2) is 26.0 Å². The van der Waals surface area contributed by atoms with Gasteiger partial charge in [-0.2, -0.15) is 0 Å². The van der Waals surface area contributed by atoms with E-state index in [1.54, 1.807) is 38.5 Å². The number of nitrogens with zero attached hydrogens (tertiary/aromatic N) is 3. The summed E-state index contributed by atoms with van der Waals surface area (Å²) >= 11 is 0. The maximum absolute atomic E-state index is 14.0. The Morgan fingerprint density at radius 2 is 1.40 bits per heavy atom. The average Bonchev–Trinajstić information content (AvgIpc) is 3.72. The number of aromatic nitrogens is 4. The number of carbonyl (C=O) groups excluding carboxylic acids is 1. The Balaban J connectivity index is 1.30. The van der Waals surface area contributed by atoms with E-state index in [9.17, 15) is 14.7 Å². The molecule has 6 aromatic rings. The summed E-state index contributed by atoms with van der Waals surface area (Å²) < 4.78 is 33.1. The van der Waals surface area contributed by atoms with Crippen LogP contribution in [0.15, 0.2) is 120 Å². The first kappa shape index (κ1) is 40.5. The van der Waals surface area contributed by atoms with Crippen molar-refractivity contribution < 1.29 is 33.3 Å². The largest absolute Gasteiger partial charge is 0.497 e. The number of carbonyl (C=O) groups is 1. The Labute approximate surface area is 338 Å². The Bertz CT molecular complexity index is 2350. The van der Waals surface area contributed by atoms with Crippen LogP contribution in [0.25, 0.3) is 11.2 Å². The molecule has 58 heavy (non-hydrogen) atoms. The maximum Gasteiger partial charge on any atom is 0.330 e. The highest BCUT2D eigenvalue weighted by molar-refractivity contribution is 6.74. The molecule has 1 saturated heterocycles.